The number of halogens is 1. The molecule has 2 amide bonds. The van der Waals surface area contributed by atoms with Gasteiger partial charge in [-0.2, -0.15) is 0 Å². The van der Waals surface area contributed by atoms with E-state index in [1.165, 1.54) is 0 Å². The number of carbonyl (C=O) groups is 1. The summed E-state index contributed by atoms with van der Waals surface area (Å²) >= 11 is 6.13. The average Bonchev–Trinajstić information content (AvgIpc) is 3.28. The smallest absolute Gasteiger partial charge is 0.319 e. The van der Waals surface area contributed by atoms with E-state index < -0.39 is 11.9 Å². The van der Waals surface area contributed by atoms with Gasteiger partial charge in [-0.3, -0.25) is 0 Å². The van der Waals surface area contributed by atoms with Gasteiger partial charge in [0.15, 0.2) is 6.29 Å². The Hall–Kier alpha value is -5.52. The molecule has 0 radical (unpaired) electrons. The Kier molecular flexibility index (Phi) is 12.9. The first-order valence-corrected chi connectivity index (χ1v) is 20.9. The van der Waals surface area contributed by atoms with Gasteiger partial charge in [-0.1, -0.05) is 122 Å². The Balaban J connectivity index is 0.928. The number of benzene rings is 6. The third kappa shape index (κ3) is 9.91. The van der Waals surface area contributed by atoms with Gasteiger partial charge in [0, 0.05) is 48.4 Å². The number of piperidine rings is 1. The molecule has 4 N–H and O–H groups in total. The molecule has 2 fully saturated rings. The zero-order valence-electron chi connectivity index (χ0n) is 33.5. The molecule has 9 nitrogen and oxygen atoms in total. The second-order valence-electron chi connectivity index (χ2n) is 15.7. The van der Waals surface area contributed by atoms with Crippen molar-refractivity contribution in [2.75, 3.05) is 25.0 Å². The molecule has 6 aromatic rings. The van der Waals surface area contributed by atoms with Crippen molar-refractivity contribution >= 4 is 23.3 Å². The van der Waals surface area contributed by atoms with Crippen LogP contribution in [-0.4, -0.2) is 46.9 Å². The normalized spacial score (nSPS) is 20.3. The Morgan fingerprint density at radius 2 is 1.43 bits per heavy atom. The molecule has 2 aliphatic rings. The zero-order chi connectivity index (χ0) is 41.5. The number of urea groups is 1. The maximum absolute atomic E-state index is 13.0. The van der Waals surface area contributed by atoms with Crippen LogP contribution in [0.4, 0.5) is 10.5 Å². The number of aliphatic hydroxyl groups excluding tert-OH is 1. The minimum atomic E-state index is -0.891. The quantitative estimate of drug-likeness (QED) is 0.0972. The summed E-state index contributed by atoms with van der Waals surface area (Å²) in [6.45, 7) is 4.64. The first-order valence-electron chi connectivity index (χ1n) is 20.5. The molecule has 2 saturated heterocycles. The highest BCUT2D eigenvalue weighted by Crippen LogP contribution is 2.43. The highest BCUT2D eigenvalue weighted by Gasteiger charge is 2.41. The number of hydrogen-bond acceptors (Lipinski definition) is 7. The Morgan fingerprint density at radius 1 is 0.783 bits per heavy atom. The van der Waals surface area contributed by atoms with Gasteiger partial charge >= 0.3 is 6.03 Å². The summed E-state index contributed by atoms with van der Waals surface area (Å²) in [5.41, 5.74) is 6.43. The van der Waals surface area contributed by atoms with E-state index in [0.29, 0.717) is 42.4 Å². The molecular formula is C50H50ClN3O6. The molecule has 4 atom stereocenters. The summed E-state index contributed by atoms with van der Waals surface area (Å²) in [7, 11) is 0. The number of aliphatic hydroxyl groups is 2. The molecule has 0 spiro atoms. The highest BCUT2D eigenvalue weighted by atomic mass is 35.5. The van der Waals surface area contributed by atoms with Crippen LogP contribution < -0.4 is 15.4 Å². The van der Waals surface area contributed by atoms with Gasteiger partial charge in [0.1, 0.15) is 11.5 Å². The number of carbonyl (C=O) groups excluding carboxylic acids is 1. The fourth-order valence-corrected chi connectivity index (χ4v) is 8.22. The Morgan fingerprint density at radius 3 is 2.13 bits per heavy atom. The van der Waals surface area contributed by atoms with Gasteiger partial charge in [-0.05, 0) is 94.8 Å². The van der Waals surface area contributed by atoms with Crippen LogP contribution in [-0.2, 0) is 28.2 Å². The number of nitrogens with one attached hydrogen (secondary N) is 2. The largest absolute Gasteiger partial charge is 0.457 e. The van der Waals surface area contributed by atoms with Crippen molar-refractivity contribution in [2.45, 2.75) is 57.0 Å². The number of rotatable bonds is 12. The van der Waals surface area contributed by atoms with Gasteiger partial charge in [0.2, 0.25) is 0 Å². The molecular weight excluding hydrogens is 774 g/mol. The molecule has 0 unspecified atom stereocenters. The van der Waals surface area contributed by atoms with Gasteiger partial charge in [-0.15, -0.1) is 0 Å². The van der Waals surface area contributed by atoms with E-state index in [1.54, 1.807) is 0 Å². The van der Waals surface area contributed by atoms with E-state index in [4.69, 9.17) is 25.8 Å². The summed E-state index contributed by atoms with van der Waals surface area (Å²) in [4.78, 5) is 15.3. The van der Waals surface area contributed by atoms with Gasteiger partial charge in [0.05, 0.1) is 24.4 Å². The Bertz CT molecular complexity index is 2320. The fourth-order valence-electron chi connectivity index (χ4n) is 8.09. The number of hydrogen-bond donors (Lipinski definition) is 4. The molecule has 6 aromatic carbocycles. The van der Waals surface area contributed by atoms with Crippen LogP contribution in [0.5, 0.6) is 11.5 Å². The predicted molar refractivity (Wildman–Crippen MR) is 235 cm³/mol. The van der Waals surface area contributed by atoms with Crippen molar-refractivity contribution < 1.29 is 29.2 Å². The van der Waals surface area contributed by atoms with E-state index in [0.717, 1.165) is 57.8 Å². The van der Waals surface area contributed by atoms with Crippen molar-refractivity contribution in [1.82, 2.24) is 10.2 Å². The predicted octanol–water partition coefficient (Wildman–Crippen LogP) is 10.4. The van der Waals surface area contributed by atoms with Crippen LogP contribution in [0.3, 0.4) is 0 Å². The van der Waals surface area contributed by atoms with Gasteiger partial charge in [0.25, 0.3) is 0 Å². The lowest BCUT2D eigenvalue weighted by molar-refractivity contribution is -0.277. The summed E-state index contributed by atoms with van der Waals surface area (Å²) in [6.07, 6.45) is 0.230. The van der Waals surface area contributed by atoms with Crippen molar-refractivity contribution in [3.05, 3.63) is 184 Å². The van der Waals surface area contributed by atoms with Gasteiger partial charge in [-0.25, -0.2) is 4.79 Å². The van der Waals surface area contributed by atoms with E-state index in [1.807, 2.05) is 133 Å². The molecule has 0 aliphatic carbocycles. The first-order chi connectivity index (χ1) is 29.2. The monoisotopic (exact) mass is 823 g/mol. The first kappa shape index (κ1) is 41.2. The topological polar surface area (TPSA) is 113 Å². The molecule has 0 bridgehead atoms. The molecule has 8 rings (SSSR count). The number of amides is 2. The average molecular weight is 824 g/mol. The van der Waals surface area contributed by atoms with E-state index in [-0.39, 0.29) is 30.8 Å². The third-order valence-corrected chi connectivity index (χ3v) is 11.9. The molecule has 308 valence electrons. The van der Waals surface area contributed by atoms with E-state index in [9.17, 15) is 15.0 Å². The highest BCUT2D eigenvalue weighted by molar-refractivity contribution is 6.30. The molecule has 0 saturated carbocycles. The maximum atomic E-state index is 13.0. The maximum Gasteiger partial charge on any atom is 0.319 e. The van der Waals surface area contributed by atoms with Crippen molar-refractivity contribution in [3.63, 3.8) is 0 Å². The van der Waals surface area contributed by atoms with Crippen LogP contribution >= 0.6 is 11.6 Å². The third-order valence-electron chi connectivity index (χ3n) is 11.7. The summed E-state index contributed by atoms with van der Waals surface area (Å²) < 4.78 is 19.4. The second kappa shape index (κ2) is 18.8. The molecule has 2 heterocycles. The van der Waals surface area contributed by atoms with Crippen LogP contribution in [0.15, 0.2) is 152 Å². The fraction of sp³-hybridized carbons (Fsp3) is 0.260. The number of nitrogens with zero attached hydrogens (tertiary/aromatic N) is 1. The minimum absolute atomic E-state index is 0.0216. The SMILES string of the molecule is C[C@H]1[C@@H](CN2CCC(O)(c3ccc(Cl)cc3)CC2)O[C@@H](c2ccc(-c3ccccc3CNC(=O)Nc3ccc(Oc4ccccc4)cc3)cc2)O[C@H]1c1ccc(CO)cc1. The minimum Gasteiger partial charge on any atom is -0.457 e. The Labute approximate surface area is 356 Å². The lowest BCUT2D eigenvalue weighted by Gasteiger charge is -2.45. The summed E-state index contributed by atoms with van der Waals surface area (Å²) in [6, 6.07) is 48.2. The van der Waals surface area contributed by atoms with E-state index >= 15 is 0 Å². The number of likely N-dealkylation sites (tertiary alicyclic amines) is 1. The number of ether oxygens (including phenoxy) is 3. The standard InChI is InChI=1S/C50H50ClN3O6/c1-34-46(32-54-29-27-50(57,28-30-54)40-19-21-41(51)22-20-40)59-48(60-47(34)37-13-11-35(33-55)12-14-37)38-17-15-36(16-18-38)45-10-6-5-7-39(45)31-52-49(56)53-42-23-25-44(26-24-42)58-43-8-3-2-4-9-43/h2-26,34,46-48,55,57H,27-33H2,1H3,(H2,52,53,56)/t34-,46+,47+,48+/m0/s1. The second-order valence-corrected chi connectivity index (χ2v) is 16.1. The number of para-hydroxylation sites is 1. The van der Waals surface area contributed by atoms with Gasteiger partial charge < -0.3 is 40.0 Å². The molecule has 60 heavy (non-hydrogen) atoms. The van der Waals surface area contributed by atoms with Crippen molar-refractivity contribution in [1.29, 1.82) is 0 Å². The zero-order valence-corrected chi connectivity index (χ0v) is 34.3. The van der Waals surface area contributed by atoms with Crippen LogP contribution in [0, 0.1) is 5.92 Å². The number of anilines is 1. The molecule has 0 aromatic heterocycles. The molecule has 2 aliphatic heterocycles. The van der Waals surface area contributed by atoms with Crippen molar-refractivity contribution in [3.8, 4) is 22.6 Å². The van der Waals surface area contributed by atoms with Crippen LogP contribution in [0.25, 0.3) is 11.1 Å². The van der Waals surface area contributed by atoms with Crippen molar-refractivity contribution in [2.24, 2.45) is 5.92 Å². The molecule has 10 heteroatoms. The van der Waals surface area contributed by atoms with E-state index in [2.05, 4.69) is 40.7 Å². The lowest BCUT2D eigenvalue weighted by Crippen LogP contribution is -2.49. The van der Waals surface area contributed by atoms with Crippen LogP contribution in [0.2, 0.25) is 5.02 Å². The lowest BCUT2D eigenvalue weighted by atomic mass is 9.84. The summed E-state index contributed by atoms with van der Waals surface area (Å²) in [5.74, 6) is 1.45. The summed E-state index contributed by atoms with van der Waals surface area (Å²) in [5, 5.41) is 27.8. The van der Waals surface area contributed by atoms with Crippen LogP contribution in [0.1, 0.15) is 60.0 Å².